The number of aryl methyl sites for hydroxylation is 1. The van der Waals surface area contributed by atoms with Gasteiger partial charge in [0.25, 0.3) is 0 Å². The molecule has 0 bridgehead atoms. The van der Waals surface area contributed by atoms with E-state index < -0.39 is 0 Å². The summed E-state index contributed by atoms with van der Waals surface area (Å²) < 4.78 is 0. The van der Waals surface area contributed by atoms with Gasteiger partial charge in [-0.25, -0.2) is 0 Å². The largest absolute Gasteiger partial charge is 0.349 e. The van der Waals surface area contributed by atoms with E-state index in [-0.39, 0.29) is 11.9 Å². The molecule has 2 aromatic rings. The molecule has 1 atom stereocenters. The first-order valence-electron chi connectivity index (χ1n) is 7.21. The number of nitrogens with one attached hydrogen (secondary N) is 1. The Hall–Kier alpha value is -1.80. The molecular weight excluding hydrogens is 282 g/mol. The lowest BCUT2D eigenvalue weighted by Crippen LogP contribution is -2.28. The molecule has 2 rings (SSSR count). The fraction of sp³-hybridized carbons (Fsp3) is 0.278. The Labute approximate surface area is 131 Å². The molecule has 0 aromatic heterocycles. The molecule has 1 amide bonds. The Morgan fingerprint density at radius 2 is 1.86 bits per heavy atom. The normalized spacial score (nSPS) is 12.0. The van der Waals surface area contributed by atoms with E-state index in [0.29, 0.717) is 11.4 Å². The predicted octanol–water partition coefficient (Wildman–Crippen LogP) is 4.32. The topological polar surface area (TPSA) is 29.1 Å². The van der Waals surface area contributed by atoms with Crippen LogP contribution >= 0.6 is 11.6 Å². The van der Waals surface area contributed by atoms with Crippen LogP contribution in [0.25, 0.3) is 0 Å². The van der Waals surface area contributed by atoms with Crippen LogP contribution in [-0.2, 0) is 17.6 Å². The Morgan fingerprint density at radius 3 is 2.48 bits per heavy atom. The van der Waals surface area contributed by atoms with Gasteiger partial charge in [-0.2, -0.15) is 0 Å². The highest BCUT2D eigenvalue weighted by atomic mass is 35.5. The standard InChI is InChI=1S/C18H20ClNO/c1-3-14-7-9-16(10-8-14)13(2)20-18(21)12-15-5-4-6-17(19)11-15/h4-11,13H,3,12H2,1-2H3,(H,20,21)/t13-/m1/s1. The van der Waals surface area contributed by atoms with E-state index in [2.05, 4.69) is 36.5 Å². The minimum Gasteiger partial charge on any atom is -0.349 e. The lowest BCUT2D eigenvalue weighted by Gasteiger charge is -2.15. The van der Waals surface area contributed by atoms with Crippen LogP contribution < -0.4 is 5.32 Å². The summed E-state index contributed by atoms with van der Waals surface area (Å²) in [7, 11) is 0. The van der Waals surface area contributed by atoms with Gasteiger partial charge in [0.15, 0.2) is 0 Å². The fourth-order valence-corrected chi connectivity index (χ4v) is 2.46. The lowest BCUT2D eigenvalue weighted by atomic mass is 10.0. The lowest BCUT2D eigenvalue weighted by molar-refractivity contribution is -0.121. The summed E-state index contributed by atoms with van der Waals surface area (Å²) in [4.78, 5) is 12.1. The SMILES string of the molecule is CCc1ccc([C@@H](C)NC(=O)Cc2cccc(Cl)c2)cc1. The number of hydrogen-bond acceptors (Lipinski definition) is 1. The van der Waals surface area contributed by atoms with Gasteiger partial charge < -0.3 is 5.32 Å². The molecule has 110 valence electrons. The molecule has 0 unspecified atom stereocenters. The van der Waals surface area contributed by atoms with Crippen molar-refractivity contribution in [2.75, 3.05) is 0 Å². The van der Waals surface area contributed by atoms with Gasteiger partial charge in [-0.3, -0.25) is 4.79 Å². The number of hydrogen-bond donors (Lipinski definition) is 1. The van der Waals surface area contributed by atoms with E-state index in [9.17, 15) is 4.79 Å². The highest BCUT2D eigenvalue weighted by Crippen LogP contribution is 2.15. The van der Waals surface area contributed by atoms with Crippen molar-refractivity contribution in [3.8, 4) is 0 Å². The van der Waals surface area contributed by atoms with Gasteiger partial charge in [0, 0.05) is 5.02 Å². The van der Waals surface area contributed by atoms with Crippen LogP contribution in [0.1, 0.15) is 36.6 Å². The summed E-state index contributed by atoms with van der Waals surface area (Å²) in [5.74, 6) is 0.00401. The zero-order valence-corrected chi connectivity index (χ0v) is 13.2. The highest BCUT2D eigenvalue weighted by molar-refractivity contribution is 6.30. The third-order valence-electron chi connectivity index (χ3n) is 3.52. The highest BCUT2D eigenvalue weighted by Gasteiger charge is 2.10. The van der Waals surface area contributed by atoms with Gasteiger partial charge in [0.2, 0.25) is 5.91 Å². The van der Waals surface area contributed by atoms with Crippen LogP contribution in [0.5, 0.6) is 0 Å². The van der Waals surface area contributed by atoms with Gasteiger partial charge in [-0.15, -0.1) is 0 Å². The first-order chi connectivity index (χ1) is 10.1. The van der Waals surface area contributed by atoms with Gasteiger partial charge in [-0.1, -0.05) is 54.9 Å². The summed E-state index contributed by atoms with van der Waals surface area (Å²) in [5, 5.41) is 3.68. The van der Waals surface area contributed by atoms with Crippen molar-refractivity contribution >= 4 is 17.5 Å². The molecule has 0 heterocycles. The van der Waals surface area contributed by atoms with E-state index in [1.165, 1.54) is 5.56 Å². The number of amides is 1. The molecule has 1 N–H and O–H groups in total. The second kappa shape index (κ2) is 7.28. The second-order valence-electron chi connectivity index (χ2n) is 5.19. The van der Waals surface area contributed by atoms with Crippen molar-refractivity contribution in [2.24, 2.45) is 0 Å². The average Bonchev–Trinajstić information content (AvgIpc) is 2.47. The van der Waals surface area contributed by atoms with Crippen LogP contribution in [0.4, 0.5) is 0 Å². The Kier molecular flexibility index (Phi) is 5.40. The van der Waals surface area contributed by atoms with Crippen LogP contribution in [0.3, 0.4) is 0 Å². The maximum absolute atomic E-state index is 12.1. The molecule has 0 radical (unpaired) electrons. The van der Waals surface area contributed by atoms with Crippen LogP contribution in [0, 0.1) is 0 Å². The van der Waals surface area contributed by atoms with Gasteiger partial charge >= 0.3 is 0 Å². The molecular formula is C18H20ClNO. The molecule has 0 fully saturated rings. The maximum Gasteiger partial charge on any atom is 0.224 e. The van der Waals surface area contributed by atoms with Crippen molar-refractivity contribution in [1.82, 2.24) is 5.32 Å². The number of carbonyl (C=O) groups excluding carboxylic acids is 1. The number of rotatable bonds is 5. The minimum atomic E-state index is 0.00240. The van der Waals surface area contributed by atoms with E-state index in [1.54, 1.807) is 6.07 Å². The maximum atomic E-state index is 12.1. The fourth-order valence-electron chi connectivity index (χ4n) is 2.25. The Morgan fingerprint density at radius 1 is 1.14 bits per heavy atom. The number of carbonyl (C=O) groups is 1. The molecule has 0 saturated heterocycles. The Balaban J connectivity index is 1.95. The smallest absolute Gasteiger partial charge is 0.224 e. The van der Waals surface area contributed by atoms with Crippen molar-refractivity contribution in [1.29, 1.82) is 0 Å². The molecule has 2 nitrogen and oxygen atoms in total. The van der Waals surface area contributed by atoms with Gasteiger partial charge in [-0.05, 0) is 42.2 Å². The molecule has 0 aliphatic rings. The van der Waals surface area contributed by atoms with E-state index in [0.717, 1.165) is 17.5 Å². The molecule has 3 heteroatoms. The quantitative estimate of drug-likeness (QED) is 0.875. The number of halogens is 1. The van der Waals surface area contributed by atoms with Crippen molar-refractivity contribution in [3.63, 3.8) is 0 Å². The zero-order chi connectivity index (χ0) is 15.2. The molecule has 0 aliphatic heterocycles. The van der Waals surface area contributed by atoms with Crippen molar-refractivity contribution in [2.45, 2.75) is 32.7 Å². The van der Waals surface area contributed by atoms with E-state index in [4.69, 9.17) is 11.6 Å². The van der Waals surface area contributed by atoms with Crippen molar-refractivity contribution in [3.05, 3.63) is 70.2 Å². The monoisotopic (exact) mass is 301 g/mol. The third kappa shape index (κ3) is 4.61. The zero-order valence-electron chi connectivity index (χ0n) is 12.4. The summed E-state index contributed by atoms with van der Waals surface area (Å²) >= 11 is 5.93. The average molecular weight is 302 g/mol. The van der Waals surface area contributed by atoms with E-state index >= 15 is 0 Å². The van der Waals surface area contributed by atoms with Gasteiger partial charge in [0.1, 0.15) is 0 Å². The molecule has 0 saturated carbocycles. The number of benzene rings is 2. The Bertz CT molecular complexity index is 607. The van der Waals surface area contributed by atoms with Crippen LogP contribution in [-0.4, -0.2) is 5.91 Å². The van der Waals surface area contributed by atoms with Crippen molar-refractivity contribution < 1.29 is 4.79 Å². The predicted molar refractivity (Wildman–Crippen MR) is 87.5 cm³/mol. The summed E-state index contributed by atoms with van der Waals surface area (Å²) in [6.07, 6.45) is 1.37. The van der Waals surface area contributed by atoms with Crippen LogP contribution in [0.2, 0.25) is 5.02 Å². The first kappa shape index (κ1) is 15.6. The van der Waals surface area contributed by atoms with E-state index in [1.807, 2.05) is 25.1 Å². The summed E-state index contributed by atoms with van der Waals surface area (Å²) in [5.41, 5.74) is 3.34. The third-order valence-corrected chi connectivity index (χ3v) is 3.75. The summed E-state index contributed by atoms with van der Waals surface area (Å²) in [6.45, 7) is 4.13. The molecule has 0 aliphatic carbocycles. The summed E-state index contributed by atoms with van der Waals surface area (Å²) in [6, 6.07) is 15.8. The van der Waals surface area contributed by atoms with Gasteiger partial charge in [0.05, 0.1) is 12.5 Å². The first-order valence-corrected chi connectivity index (χ1v) is 7.59. The second-order valence-corrected chi connectivity index (χ2v) is 5.63. The minimum absolute atomic E-state index is 0.00240. The van der Waals surface area contributed by atoms with Crippen LogP contribution in [0.15, 0.2) is 48.5 Å². The molecule has 21 heavy (non-hydrogen) atoms. The molecule has 2 aromatic carbocycles. The molecule has 0 spiro atoms.